The van der Waals surface area contributed by atoms with Crippen LogP contribution in [-0.4, -0.2) is 0 Å². The van der Waals surface area contributed by atoms with Crippen LogP contribution in [0, 0.1) is 23.7 Å². The summed E-state index contributed by atoms with van der Waals surface area (Å²) in [6, 6.07) is 0. The van der Waals surface area contributed by atoms with Crippen LogP contribution in [0.5, 0.6) is 0 Å². The SMILES string of the molecule is C1=CC2C=C/C=C\C3C=CC=CC3C2C=C1. The summed E-state index contributed by atoms with van der Waals surface area (Å²) in [5.41, 5.74) is 0. The van der Waals surface area contributed by atoms with Crippen molar-refractivity contribution in [3.63, 3.8) is 0 Å². The molecule has 0 bridgehead atoms. The molecule has 3 aliphatic rings. The van der Waals surface area contributed by atoms with E-state index in [-0.39, 0.29) is 0 Å². The van der Waals surface area contributed by atoms with Crippen LogP contribution in [0.4, 0.5) is 0 Å². The van der Waals surface area contributed by atoms with E-state index in [1.54, 1.807) is 0 Å². The summed E-state index contributed by atoms with van der Waals surface area (Å²) in [5, 5.41) is 0. The quantitative estimate of drug-likeness (QED) is 0.567. The Morgan fingerprint density at radius 3 is 1.06 bits per heavy atom. The lowest BCUT2D eigenvalue weighted by Crippen LogP contribution is -2.26. The standard InChI is InChI=1S/C16H16/c1-2-8-14-10-4-6-12-16(14)15-11-5-3-9-13(15)7-1/h1-16H/b7-1-,8-2?. The first-order chi connectivity index (χ1) is 7.95. The second kappa shape index (κ2) is 4.13. The molecule has 0 N–H and O–H groups in total. The van der Waals surface area contributed by atoms with Gasteiger partial charge in [0, 0.05) is 11.8 Å². The van der Waals surface area contributed by atoms with E-state index in [0.29, 0.717) is 23.7 Å². The van der Waals surface area contributed by atoms with Crippen molar-refractivity contribution in [2.45, 2.75) is 0 Å². The van der Waals surface area contributed by atoms with Gasteiger partial charge in [0.05, 0.1) is 0 Å². The molecule has 3 aliphatic carbocycles. The Hall–Kier alpha value is -1.56. The number of hydrogen-bond acceptors (Lipinski definition) is 0. The highest BCUT2D eigenvalue weighted by atomic mass is 14.3. The monoisotopic (exact) mass is 208 g/mol. The highest BCUT2D eigenvalue weighted by molar-refractivity contribution is 5.29. The van der Waals surface area contributed by atoms with Crippen molar-refractivity contribution in [2.75, 3.05) is 0 Å². The Bertz CT molecular complexity index is 387. The Balaban J connectivity index is 1.99. The summed E-state index contributed by atoms with van der Waals surface area (Å²) < 4.78 is 0. The fourth-order valence-corrected chi connectivity index (χ4v) is 2.82. The van der Waals surface area contributed by atoms with Gasteiger partial charge in [-0.1, -0.05) is 72.9 Å². The lowest BCUT2D eigenvalue weighted by atomic mass is 9.71. The number of allylic oxidation sites excluding steroid dienone is 12. The van der Waals surface area contributed by atoms with Gasteiger partial charge in [0.1, 0.15) is 0 Å². The van der Waals surface area contributed by atoms with Gasteiger partial charge in [-0.15, -0.1) is 0 Å². The van der Waals surface area contributed by atoms with E-state index in [1.165, 1.54) is 0 Å². The van der Waals surface area contributed by atoms with Gasteiger partial charge >= 0.3 is 0 Å². The van der Waals surface area contributed by atoms with E-state index in [4.69, 9.17) is 0 Å². The molecule has 4 atom stereocenters. The van der Waals surface area contributed by atoms with E-state index >= 15 is 0 Å². The van der Waals surface area contributed by atoms with Gasteiger partial charge < -0.3 is 0 Å². The topological polar surface area (TPSA) is 0 Å². The highest BCUT2D eigenvalue weighted by Crippen LogP contribution is 2.37. The predicted octanol–water partition coefficient (Wildman–Crippen LogP) is 3.83. The van der Waals surface area contributed by atoms with Crippen molar-refractivity contribution in [3.8, 4) is 0 Å². The zero-order valence-corrected chi connectivity index (χ0v) is 9.24. The van der Waals surface area contributed by atoms with Gasteiger partial charge in [-0.25, -0.2) is 0 Å². The fraction of sp³-hybridized carbons (Fsp3) is 0.250. The molecule has 0 nitrogen and oxygen atoms in total. The minimum atomic E-state index is 0.554. The largest absolute Gasteiger partial charge is 0.0799 e. The normalized spacial score (nSPS) is 41.0. The summed E-state index contributed by atoms with van der Waals surface area (Å²) in [5.74, 6) is 2.33. The first-order valence-corrected chi connectivity index (χ1v) is 6.00. The number of rotatable bonds is 0. The molecule has 0 spiro atoms. The molecule has 0 aromatic heterocycles. The third kappa shape index (κ3) is 1.65. The molecular formula is C16H16. The van der Waals surface area contributed by atoms with Gasteiger partial charge in [0.25, 0.3) is 0 Å². The molecule has 0 aliphatic heterocycles. The molecule has 0 aromatic rings. The minimum absolute atomic E-state index is 0.554. The molecule has 0 saturated heterocycles. The second-order valence-electron chi connectivity index (χ2n) is 4.62. The van der Waals surface area contributed by atoms with Crippen LogP contribution in [0.15, 0.2) is 72.9 Å². The summed E-state index contributed by atoms with van der Waals surface area (Å²) >= 11 is 0. The Morgan fingerprint density at radius 1 is 0.375 bits per heavy atom. The van der Waals surface area contributed by atoms with Crippen molar-refractivity contribution < 1.29 is 0 Å². The van der Waals surface area contributed by atoms with Gasteiger partial charge in [-0.05, 0) is 11.8 Å². The van der Waals surface area contributed by atoms with Gasteiger partial charge in [-0.2, -0.15) is 0 Å². The van der Waals surface area contributed by atoms with Crippen LogP contribution >= 0.6 is 0 Å². The predicted molar refractivity (Wildman–Crippen MR) is 68.8 cm³/mol. The number of fused-ring (bicyclic) bond motifs is 3. The molecule has 80 valence electrons. The average molecular weight is 208 g/mol. The van der Waals surface area contributed by atoms with Crippen LogP contribution in [0.1, 0.15) is 0 Å². The molecule has 0 radical (unpaired) electrons. The van der Waals surface area contributed by atoms with E-state index in [0.717, 1.165) is 0 Å². The van der Waals surface area contributed by atoms with Gasteiger partial charge in [0.2, 0.25) is 0 Å². The minimum Gasteiger partial charge on any atom is -0.0799 e. The van der Waals surface area contributed by atoms with E-state index < -0.39 is 0 Å². The molecule has 0 amide bonds. The average Bonchev–Trinajstić information content (AvgIpc) is 2.33. The summed E-state index contributed by atoms with van der Waals surface area (Å²) in [6.07, 6.45) is 27.0. The van der Waals surface area contributed by atoms with Gasteiger partial charge in [-0.3, -0.25) is 0 Å². The van der Waals surface area contributed by atoms with E-state index in [1.807, 2.05) is 0 Å². The summed E-state index contributed by atoms with van der Waals surface area (Å²) in [4.78, 5) is 0. The molecule has 0 heterocycles. The van der Waals surface area contributed by atoms with Crippen LogP contribution < -0.4 is 0 Å². The summed E-state index contributed by atoms with van der Waals surface area (Å²) in [7, 11) is 0. The zero-order chi connectivity index (χ0) is 10.8. The highest BCUT2D eigenvalue weighted by Gasteiger charge is 2.29. The zero-order valence-electron chi connectivity index (χ0n) is 9.24. The molecule has 0 heteroatoms. The lowest BCUT2D eigenvalue weighted by Gasteiger charge is -2.33. The smallest absolute Gasteiger partial charge is 0.00217 e. The maximum atomic E-state index is 2.36. The molecule has 4 unspecified atom stereocenters. The first-order valence-electron chi connectivity index (χ1n) is 6.00. The number of hydrogen-bond donors (Lipinski definition) is 0. The van der Waals surface area contributed by atoms with Crippen LogP contribution in [0.3, 0.4) is 0 Å². The Kier molecular flexibility index (Phi) is 2.49. The van der Waals surface area contributed by atoms with E-state index in [2.05, 4.69) is 72.9 Å². The fourth-order valence-electron chi connectivity index (χ4n) is 2.82. The maximum Gasteiger partial charge on any atom is 0.00217 e. The van der Waals surface area contributed by atoms with Crippen molar-refractivity contribution in [2.24, 2.45) is 23.7 Å². The van der Waals surface area contributed by atoms with Crippen molar-refractivity contribution in [1.29, 1.82) is 0 Å². The van der Waals surface area contributed by atoms with Crippen molar-refractivity contribution >= 4 is 0 Å². The van der Waals surface area contributed by atoms with Crippen LogP contribution in [-0.2, 0) is 0 Å². The van der Waals surface area contributed by atoms with E-state index in [9.17, 15) is 0 Å². The van der Waals surface area contributed by atoms with Crippen molar-refractivity contribution in [1.82, 2.24) is 0 Å². The third-order valence-corrected chi connectivity index (χ3v) is 3.67. The Morgan fingerprint density at radius 2 is 0.688 bits per heavy atom. The van der Waals surface area contributed by atoms with Gasteiger partial charge in [0.15, 0.2) is 0 Å². The molecule has 0 aromatic carbocycles. The Labute approximate surface area is 97.1 Å². The van der Waals surface area contributed by atoms with Crippen molar-refractivity contribution in [3.05, 3.63) is 72.9 Å². The summed E-state index contributed by atoms with van der Waals surface area (Å²) in [6.45, 7) is 0. The molecular weight excluding hydrogens is 192 g/mol. The van der Waals surface area contributed by atoms with Crippen LogP contribution in [0.25, 0.3) is 0 Å². The second-order valence-corrected chi connectivity index (χ2v) is 4.62. The molecule has 3 rings (SSSR count). The van der Waals surface area contributed by atoms with Crippen LogP contribution in [0.2, 0.25) is 0 Å². The molecule has 16 heavy (non-hydrogen) atoms. The first kappa shape index (κ1) is 9.65. The third-order valence-electron chi connectivity index (χ3n) is 3.67. The lowest BCUT2D eigenvalue weighted by molar-refractivity contribution is 0.367. The maximum absolute atomic E-state index is 2.36. The molecule has 0 saturated carbocycles. The molecule has 0 fully saturated rings.